The van der Waals surface area contributed by atoms with Crippen molar-refractivity contribution < 1.29 is 8.57 Å². The summed E-state index contributed by atoms with van der Waals surface area (Å²) in [6, 6.07) is 10.5. The van der Waals surface area contributed by atoms with E-state index in [1.807, 2.05) is 19.1 Å². The van der Waals surface area contributed by atoms with E-state index in [1.165, 1.54) is 6.07 Å². The Bertz CT molecular complexity index is 590. The van der Waals surface area contributed by atoms with Gasteiger partial charge in [-0.3, -0.25) is 0 Å². The van der Waals surface area contributed by atoms with Gasteiger partial charge in [-0.2, -0.15) is 0 Å². The molecule has 3 nitrogen and oxygen atoms in total. The molecule has 0 aliphatic rings. The normalized spacial score (nSPS) is 10.5. The van der Waals surface area contributed by atoms with Gasteiger partial charge in [-0.05, 0) is 36.2 Å². The van der Waals surface area contributed by atoms with E-state index in [-0.39, 0.29) is 5.82 Å². The Morgan fingerprint density at radius 1 is 1.21 bits per heavy atom. The van der Waals surface area contributed by atoms with Gasteiger partial charge in [0.15, 0.2) is 0 Å². The van der Waals surface area contributed by atoms with E-state index in [1.54, 1.807) is 25.3 Å². The average Bonchev–Trinajstić information content (AvgIpc) is 2.37. The molecule has 0 saturated heterocycles. The number of nitrogens with two attached hydrogens (primary N) is 1. The molecule has 0 aliphatic carbocycles. The maximum Gasteiger partial charge on any atom is 0.131 e. The minimum Gasteiger partial charge on any atom is -0.397 e. The van der Waals surface area contributed by atoms with Gasteiger partial charge in [0.05, 0.1) is 18.5 Å². The molecule has 0 fully saturated rings. The SMILES string of the molecule is COSNc1ccc(-c2ccc(C)cc2F)cc1N. The second kappa shape index (κ2) is 5.95. The summed E-state index contributed by atoms with van der Waals surface area (Å²) >= 11 is 1.08. The second-order valence-corrected chi connectivity index (χ2v) is 4.84. The lowest BCUT2D eigenvalue weighted by molar-refractivity contribution is 0.492. The molecule has 0 aliphatic heterocycles. The summed E-state index contributed by atoms with van der Waals surface area (Å²) in [5.74, 6) is -0.244. The third-order valence-electron chi connectivity index (χ3n) is 2.72. The quantitative estimate of drug-likeness (QED) is 0.504. The number of nitrogen functional groups attached to an aromatic ring is 1. The minimum atomic E-state index is -0.244. The van der Waals surface area contributed by atoms with Crippen LogP contribution < -0.4 is 10.5 Å². The Labute approximate surface area is 116 Å². The third kappa shape index (κ3) is 3.19. The van der Waals surface area contributed by atoms with Gasteiger partial charge >= 0.3 is 0 Å². The maximum atomic E-state index is 13.9. The molecule has 100 valence electrons. The fourth-order valence-electron chi connectivity index (χ4n) is 1.76. The Kier molecular flexibility index (Phi) is 4.29. The monoisotopic (exact) mass is 278 g/mol. The van der Waals surface area contributed by atoms with E-state index in [0.29, 0.717) is 11.3 Å². The topological polar surface area (TPSA) is 47.3 Å². The summed E-state index contributed by atoms with van der Waals surface area (Å²) in [5.41, 5.74) is 9.40. The molecule has 19 heavy (non-hydrogen) atoms. The Balaban J connectivity index is 2.33. The summed E-state index contributed by atoms with van der Waals surface area (Å²) in [5, 5.41) is 0. The highest BCUT2D eigenvalue weighted by atomic mass is 32.2. The van der Waals surface area contributed by atoms with Gasteiger partial charge in [-0.25, -0.2) is 4.39 Å². The fourth-order valence-corrected chi connectivity index (χ4v) is 2.12. The maximum absolute atomic E-state index is 13.9. The van der Waals surface area contributed by atoms with E-state index < -0.39 is 0 Å². The molecule has 0 radical (unpaired) electrons. The summed E-state index contributed by atoms with van der Waals surface area (Å²) in [6.45, 7) is 1.86. The zero-order valence-corrected chi connectivity index (χ0v) is 11.6. The number of hydrogen-bond donors (Lipinski definition) is 2. The van der Waals surface area contributed by atoms with Crippen LogP contribution >= 0.6 is 12.2 Å². The van der Waals surface area contributed by atoms with E-state index in [9.17, 15) is 4.39 Å². The standard InChI is InChI=1S/C14H15FN2OS/c1-9-3-5-11(12(15)7-9)10-4-6-14(13(16)8-10)17-19-18-2/h3-8,17H,16H2,1-2H3. The molecule has 5 heteroatoms. The second-order valence-electron chi connectivity index (χ2n) is 4.14. The summed E-state index contributed by atoms with van der Waals surface area (Å²) in [6.07, 6.45) is 0. The van der Waals surface area contributed by atoms with Crippen LogP contribution in [-0.4, -0.2) is 7.11 Å². The first kappa shape index (κ1) is 13.7. The van der Waals surface area contributed by atoms with Crippen molar-refractivity contribution in [2.24, 2.45) is 0 Å². The van der Waals surface area contributed by atoms with Crippen molar-refractivity contribution in [2.45, 2.75) is 6.92 Å². The highest BCUT2D eigenvalue weighted by molar-refractivity contribution is 7.96. The highest BCUT2D eigenvalue weighted by Crippen LogP contribution is 2.30. The number of hydrogen-bond acceptors (Lipinski definition) is 4. The van der Waals surface area contributed by atoms with Crippen molar-refractivity contribution in [1.29, 1.82) is 0 Å². The fraction of sp³-hybridized carbons (Fsp3) is 0.143. The molecule has 0 spiro atoms. The number of halogens is 1. The molecule has 3 N–H and O–H groups in total. The first-order valence-electron chi connectivity index (χ1n) is 5.73. The molecule has 0 amide bonds. The molecule has 2 aromatic rings. The minimum absolute atomic E-state index is 0.244. The van der Waals surface area contributed by atoms with E-state index in [2.05, 4.69) is 4.72 Å². The molecular weight excluding hydrogens is 263 g/mol. The predicted octanol–water partition coefficient (Wildman–Crippen LogP) is 4.00. The van der Waals surface area contributed by atoms with Crippen LogP contribution in [0, 0.1) is 12.7 Å². The molecule has 0 unspecified atom stereocenters. The number of benzene rings is 2. The molecule has 2 aromatic carbocycles. The van der Waals surface area contributed by atoms with Crippen molar-refractivity contribution in [3.05, 3.63) is 47.8 Å². The van der Waals surface area contributed by atoms with E-state index >= 15 is 0 Å². The van der Waals surface area contributed by atoms with Crippen molar-refractivity contribution in [3.8, 4) is 11.1 Å². The lowest BCUT2D eigenvalue weighted by atomic mass is 10.0. The van der Waals surface area contributed by atoms with Gasteiger partial charge in [0.25, 0.3) is 0 Å². The molecule has 0 heterocycles. The van der Waals surface area contributed by atoms with Crippen LogP contribution in [0.2, 0.25) is 0 Å². The molecule has 0 bridgehead atoms. The van der Waals surface area contributed by atoms with Gasteiger partial charge < -0.3 is 14.6 Å². The number of aryl methyl sites for hydroxylation is 1. The Hall–Kier alpha value is -1.72. The number of nitrogens with one attached hydrogen (secondary N) is 1. The largest absolute Gasteiger partial charge is 0.397 e. The van der Waals surface area contributed by atoms with Crippen LogP contribution in [0.15, 0.2) is 36.4 Å². The Morgan fingerprint density at radius 3 is 2.63 bits per heavy atom. The van der Waals surface area contributed by atoms with Gasteiger partial charge in [-0.1, -0.05) is 18.2 Å². The summed E-state index contributed by atoms with van der Waals surface area (Å²) < 4.78 is 21.7. The zero-order valence-electron chi connectivity index (χ0n) is 10.7. The number of rotatable bonds is 4. The smallest absolute Gasteiger partial charge is 0.131 e. The summed E-state index contributed by atoms with van der Waals surface area (Å²) in [4.78, 5) is 0. The highest BCUT2D eigenvalue weighted by Gasteiger charge is 2.07. The Morgan fingerprint density at radius 2 is 2.00 bits per heavy atom. The van der Waals surface area contributed by atoms with Crippen LogP contribution in [0.3, 0.4) is 0 Å². The molecular formula is C14H15FN2OS. The first-order chi connectivity index (χ1) is 9.11. The molecule has 0 aromatic heterocycles. The van der Waals surface area contributed by atoms with Gasteiger partial charge in [0, 0.05) is 5.56 Å². The predicted molar refractivity (Wildman–Crippen MR) is 79.2 cm³/mol. The van der Waals surface area contributed by atoms with E-state index in [0.717, 1.165) is 29.0 Å². The van der Waals surface area contributed by atoms with Crippen molar-refractivity contribution in [1.82, 2.24) is 0 Å². The lowest BCUT2D eigenvalue weighted by Crippen LogP contribution is -1.95. The van der Waals surface area contributed by atoms with E-state index in [4.69, 9.17) is 9.92 Å². The van der Waals surface area contributed by atoms with Crippen molar-refractivity contribution >= 4 is 23.6 Å². The zero-order chi connectivity index (χ0) is 13.8. The number of anilines is 2. The van der Waals surface area contributed by atoms with Crippen LogP contribution in [0.5, 0.6) is 0 Å². The van der Waals surface area contributed by atoms with Crippen molar-refractivity contribution in [3.63, 3.8) is 0 Å². The lowest BCUT2D eigenvalue weighted by Gasteiger charge is -2.10. The van der Waals surface area contributed by atoms with Crippen LogP contribution in [0.4, 0.5) is 15.8 Å². The summed E-state index contributed by atoms with van der Waals surface area (Å²) in [7, 11) is 1.56. The van der Waals surface area contributed by atoms with Crippen LogP contribution in [0.1, 0.15) is 5.56 Å². The first-order valence-corrected chi connectivity index (χ1v) is 6.47. The van der Waals surface area contributed by atoms with Crippen LogP contribution in [0.25, 0.3) is 11.1 Å². The molecule has 0 atom stereocenters. The average molecular weight is 278 g/mol. The van der Waals surface area contributed by atoms with Gasteiger partial charge in [0.2, 0.25) is 0 Å². The van der Waals surface area contributed by atoms with Gasteiger partial charge in [0.1, 0.15) is 18.0 Å². The molecule has 0 saturated carbocycles. The van der Waals surface area contributed by atoms with Crippen molar-refractivity contribution in [2.75, 3.05) is 17.6 Å². The van der Waals surface area contributed by atoms with Crippen LogP contribution in [-0.2, 0) is 4.18 Å². The van der Waals surface area contributed by atoms with Gasteiger partial charge in [-0.15, -0.1) is 0 Å². The third-order valence-corrected chi connectivity index (χ3v) is 3.19. The molecule has 2 rings (SSSR count).